The Kier molecular flexibility index (Phi) is 4.80. The van der Waals surface area contributed by atoms with Crippen LogP contribution in [0.15, 0.2) is 60.8 Å². The molecular weight excluding hydrogens is 381 g/mol. The lowest BCUT2D eigenvalue weighted by Crippen LogP contribution is -2.27. The van der Waals surface area contributed by atoms with Crippen LogP contribution in [0, 0.1) is 5.82 Å². The summed E-state index contributed by atoms with van der Waals surface area (Å²) in [7, 11) is 0. The number of halogens is 1. The molecule has 2 aromatic carbocycles. The number of fused-ring (bicyclic) bond motifs is 1. The van der Waals surface area contributed by atoms with E-state index in [2.05, 4.69) is 10.3 Å². The van der Waals surface area contributed by atoms with Crippen molar-refractivity contribution >= 4 is 16.7 Å². The molecule has 0 saturated carbocycles. The molecule has 3 heterocycles. The molecule has 3 N–H and O–H groups in total. The van der Waals surface area contributed by atoms with E-state index in [1.165, 1.54) is 6.07 Å². The van der Waals surface area contributed by atoms with Crippen LogP contribution in [0.5, 0.6) is 11.5 Å². The van der Waals surface area contributed by atoms with E-state index in [0.717, 1.165) is 24.9 Å². The number of hydrogen-bond donors (Lipinski definition) is 2. The van der Waals surface area contributed by atoms with Crippen molar-refractivity contribution in [2.45, 2.75) is 25.4 Å². The third kappa shape index (κ3) is 3.48. The minimum atomic E-state index is -0.419. The molecule has 4 aromatic rings. The first-order valence-corrected chi connectivity index (χ1v) is 10.1. The van der Waals surface area contributed by atoms with Crippen molar-refractivity contribution in [3.05, 3.63) is 66.6 Å². The summed E-state index contributed by atoms with van der Waals surface area (Å²) in [4.78, 5) is 4.20. The van der Waals surface area contributed by atoms with Gasteiger partial charge in [0.05, 0.1) is 17.4 Å². The first-order chi connectivity index (χ1) is 14.7. The van der Waals surface area contributed by atoms with E-state index in [-0.39, 0.29) is 0 Å². The summed E-state index contributed by atoms with van der Waals surface area (Å²) in [5, 5.41) is 8.88. The third-order valence-electron chi connectivity index (χ3n) is 5.42. The Labute approximate surface area is 173 Å². The molecule has 0 radical (unpaired) electrons. The van der Waals surface area contributed by atoms with Gasteiger partial charge in [-0.3, -0.25) is 4.68 Å². The molecule has 1 saturated heterocycles. The van der Waals surface area contributed by atoms with Gasteiger partial charge in [-0.2, -0.15) is 5.10 Å². The maximum Gasteiger partial charge on any atom is 0.136 e. The van der Waals surface area contributed by atoms with E-state index in [1.807, 2.05) is 41.1 Å². The Morgan fingerprint density at radius 2 is 2.00 bits per heavy atom. The molecular formula is C23H22FN5O. The number of pyridine rings is 1. The van der Waals surface area contributed by atoms with Crippen molar-refractivity contribution in [2.24, 2.45) is 0 Å². The Morgan fingerprint density at radius 3 is 2.77 bits per heavy atom. The average molecular weight is 403 g/mol. The average Bonchev–Trinajstić information content (AvgIpc) is 3.38. The molecule has 1 aliphatic heterocycles. The Balaban J connectivity index is 1.54. The van der Waals surface area contributed by atoms with Gasteiger partial charge in [-0.05, 0) is 49.7 Å². The molecule has 1 aliphatic rings. The highest BCUT2D eigenvalue weighted by Gasteiger charge is 2.22. The standard InChI is InChI=1S/C23H22FN5O/c24-19-13-17(30-16-6-2-1-3-7-16)8-9-18(19)22-21-20(10-12-27-23(21)25)29(28-22)14-15-5-4-11-26-15/h1-3,6-10,12-13,15,26H,4-5,11,14H2,(H2,25,27)/t15-/m0/s1. The maximum atomic E-state index is 15.1. The number of aromatic nitrogens is 3. The van der Waals surface area contributed by atoms with Gasteiger partial charge in [-0.15, -0.1) is 0 Å². The molecule has 2 aromatic heterocycles. The number of benzene rings is 2. The zero-order valence-electron chi connectivity index (χ0n) is 16.4. The van der Waals surface area contributed by atoms with Gasteiger partial charge in [-0.25, -0.2) is 9.37 Å². The van der Waals surface area contributed by atoms with Crippen molar-refractivity contribution in [1.29, 1.82) is 0 Å². The molecule has 30 heavy (non-hydrogen) atoms. The minimum absolute atomic E-state index is 0.345. The van der Waals surface area contributed by atoms with Gasteiger partial charge in [0.2, 0.25) is 0 Å². The number of nitrogens with one attached hydrogen (secondary N) is 1. The molecule has 0 spiro atoms. The predicted molar refractivity (Wildman–Crippen MR) is 115 cm³/mol. The number of nitrogens with zero attached hydrogens (tertiary/aromatic N) is 3. The molecule has 0 aliphatic carbocycles. The highest BCUT2D eigenvalue weighted by Crippen LogP contribution is 2.35. The van der Waals surface area contributed by atoms with Crippen molar-refractivity contribution in [3.63, 3.8) is 0 Å². The van der Waals surface area contributed by atoms with Crippen LogP contribution in [-0.2, 0) is 6.54 Å². The van der Waals surface area contributed by atoms with Crippen LogP contribution >= 0.6 is 0 Å². The summed E-state index contributed by atoms with van der Waals surface area (Å²) in [6.07, 6.45) is 3.91. The number of rotatable bonds is 5. The molecule has 0 amide bonds. The van der Waals surface area contributed by atoms with Gasteiger partial charge in [0.15, 0.2) is 0 Å². The van der Waals surface area contributed by atoms with Crippen LogP contribution < -0.4 is 15.8 Å². The van der Waals surface area contributed by atoms with Gasteiger partial charge < -0.3 is 15.8 Å². The van der Waals surface area contributed by atoms with E-state index in [4.69, 9.17) is 15.6 Å². The van der Waals surface area contributed by atoms with Crippen LogP contribution in [-0.4, -0.2) is 27.4 Å². The molecule has 1 fully saturated rings. The summed E-state index contributed by atoms with van der Waals surface area (Å²) in [5.74, 6) is 0.999. The normalized spacial score (nSPS) is 16.2. The summed E-state index contributed by atoms with van der Waals surface area (Å²) >= 11 is 0. The van der Waals surface area contributed by atoms with Gasteiger partial charge in [0.25, 0.3) is 0 Å². The zero-order valence-corrected chi connectivity index (χ0v) is 16.4. The molecule has 0 bridgehead atoms. The Morgan fingerprint density at radius 1 is 1.13 bits per heavy atom. The van der Waals surface area contributed by atoms with Gasteiger partial charge in [0, 0.05) is 23.9 Å². The van der Waals surface area contributed by atoms with E-state index in [9.17, 15) is 0 Å². The molecule has 6 nitrogen and oxygen atoms in total. The number of anilines is 1. The number of nitrogen functional groups attached to an aromatic ring is 1. The van der Waals surface area contributed by atoms with Crippen LogP contribution in [0.4, 0.5) is 10.2 Å². The lowest BCUT2D eigenvalue weighted by atomic mass is 10.1. The van der Waals surface area contributed by atoms with Crippen molar-refractivity contribution in [1.82, 2.24) is 20.1 Å². The second-order valence-corrected chi connectivity index (χ2v) is 7.47. The third-order valence-corrected chi connectivity index (χ3v) is 5.42. The number of nitrogens with two attached hydrogens (primary N) is 1. The van der Waals surface area contributed by atoms with Gasteiger partial charge >= 0.3 is 0 Å². The molecule has 7 heteroatoms. The lowest BCUT2D eigenvalue weighted by molar-refractivity contribution is 0.477. The Hall–Kier alpha value is -3.45. The quantitative estimate of drug-likeness (QED) is 0.518. The van der Waals surface area contributed by atoms with Crippen LogP contribution in [0.1, 0.15) is 12.8 Å². The van der Waals surface area contributed by atoms with Crippen LogP contribution in [0.3, 0.4) is 0 Å². The fourth-order valence-electron chi connectivity index (χ4n) is 3.97. The van der Waals surface area contributed by atoms with Crippen LogP contribution in [0.2, 0.25) is 0 Å². The summed E-state index contributed by atoms with van der Waals surface area (Å²) in [5.41, 5.74) is 7.90. The van der Waals surface area contributed by atoms with Gasteiger partial charge in [0.1, 0.15) is 28.8 Å². The maximum absolute atomic E-state index is 15.1. The van der Waals surface area contributed by atoms with Crippen molar-refractivity contribution in [2.75, 3.05) is 12.3 Å². The monoisotopic (exact) mass is 403 g/mol. The fourth-order valence-corrected chi connectivity index (χ4v) is 3.97. The summed E-state index contributed by atoms with van der Waals surface area (Å²) < 4.78 is 22.8. The van der Waals surface area contributed by atoms with Crippen molar-refractivity contribution < 1.29 is 9.13 Å². The predicted octanol–water partition coefficient (Wildman–Crippen LogP) is 4.36. The SMILES string of the molecule is Nc1nccc2c1c(-c1ccc(Oc3ccccc3)cc1F)nn2C[C@@H]1CCCN1. The van der Waals surface area contributed by atoms with Crippen molar-refractivity contribution in [3.8, 4) is 22.8 Å². The number of para-hydroxylation sites is 1. The van der Waals surface area contributed by atoms with Gasteiger partial charge in [-0.1, -0.05) is 18.2 Å². The smallest absolute Gasteiger partial charge is 0.136 e. The molecule has 152 valence electrons. The van der Waals surface area contributed by atoms with E-state index in [0.29, 0.717) is 46.5 Å². The summed E-state index contributed by atoms with van der Waals surface area (Å²) in [6, 6.07) is 16.3. The highest BCUT2D eigenvalue weighted by molar-refractivity contribution is 6.00. The minimum Gasteiger partial charge on any atom is -0.457 e. The number of ether oxygens (including phenoxy) is 1. The highest BCUT2D eigenvalue weighted by atomic mass is 19.1. The van der Waals surface area contributed by atoms with E-state index in [1.54, 1.807) is 18.3 Å². The number of hydrogen-bond acceptors (Lipinski definition) is 5. The molecule has 5 rings (SSSR count). The topological polar surface area (TPSA) is 78.0 Å². The first-order valence-electron chi connectivity index (χ1n) is 10.1. The first kappa shape index (κ1) is 18.6. The largest absolute Gasteiger partial charge is 0.457 e. The Bertz CT molecular complexity index is 1190. The fraction of sp³-hybridized carbons (Fsp3) is 0.217. The van der Waals surface area contributed by atoms with Crippen LogP contribution in [0.25, 0.3) is 22.2 Å². The zero-order chi connectivity index (χ0) is 20.5. The lowest BCUT2D eigenvalue weighted by Gasteiger charge is -2.11. The van der Waals surface area contributed by atoms with E-state index >= 15 is 4.39 Å². The summed E-state index contributed by atoms with van der Waals surface area (Å²) in [6.45, 7) is 1.72. The second kappa shape index (κ2) is 7.76. The van der Waals surface area contributed by atoms with E-state index < -0.39 is 5.82 Å². The molecule has 0 unspecified atom stereocenters. The second-order valence-electron chi connectivity index (χ2n) is 7.47. The molecule has 1 atom stereocenters.